The van der Waals surface area contributed by atoms with Gasteiger partial charge in [0, 0.05) is 0 Å². The average molecular weight is 170 g/mol. The van der Waals surface area contributed by atoms with Crippen molar-refractivity contribution in [1.29, 1.82) is 0 Å². The van der Waals surface area contributed by atoms with E-state index >= 15 is 0 Å². The number of ketones is 3. The van der Waals surface area contributed by atoms with Crippen molar-refractivity contribution in [3.63, 3.8) is 0 Å². The van der Waals surface area contributed by atoms with Gasteiger partial charge in [0.1, 0.15) is 11.6 Å². The van der Waals surface area contributed by atoms with Crippen LogP contribution in [0.2, 0.25) is 0 Å². The number of carbonyl (C=O) groups is 3. The van der Waals surface area contributed by atoms with Crippen LogP contribution in [0.25, 0.3) is 0 Å². The predicted octanol–water partition coefficient (Wildman–Crippen LogP) is 1.01. The molecule has 0 N–H and O–H groups in total. The van der Waals surface area contributed by atoms with Crippen LogP contribution in [0.15, 0.2) is 0 Å². The number of rotatable bonds is 4. The van der Waals surface area contributed by atoms with Gasteiger partial charge in [-0.3, -0.25) is 14.4 Å². The van der Waals surface area contributed by atoms with Crippen LogP contribution < -0.4 is 0 Å². The van der Waals surface area contributed by atoms with Gasteiger partial charge in [0.2, 0.25) is 0 Å². The van der Waals surface area contributed by atoms with Crippen molar-refractivity contribution in [2.75, 3.05) is 0 Å². The fraction of sp³-hybridized carbons (Fsp3) is 0.667. The summed E-state index contributed by atoms with van der Waals surface area (Å²) in [6.07, 6.45) is 0. The highest BCUT2D eigenvalue weighted by Crippen LogP contribution is 2.08. The SMILES string of the molecule is CC(=O)C(C)C(=O)C(C)C(C)=O. The highest BCUT2D eigenvalue weighted by atomic mass is 16.2. The molecule has 0 rings (SSSR count). The van der Waals surface area contributed by atoms with Crippen molar-refractivity contribution in [3.8, 4) is 0 Å². The molecule has 3 heteroatoms. The van der Waals surface area contributed by atoms with Gasteiger partial charge in [-0.05, 0) is 27.7 Å². The molecule has 0 aromatic rings. The lowest BCUT2D eigenvalue weighted by Gasteiger charge is -2.10. The zero-order valence-corrected chi connectivity index (χ0v) is 7.88. The van der Waals surface area contributed by atoms with Gasteiger partial charge in [0.05, 0.1) is 11.8 Å². The Kier molecular flexibility index (Phi) is 3.80. The first-order valence-corrected chi connectivity index (χ1v) is 3.92. The molecule has 2 unspecified atom stereocenters. The Morgan fingerprint density at radius 2 is 1.08 bits per heavy atom. The topological polar surface area (TPSA) is 51.2 Å². The number of Topliss-reactive ketones (excluding diaryl/α,β-unsaturated/α-hetero) is 3. The van der Waals surface area contributed by atoms with Gasteiger partial charge in [0.25, 0.3) is 0 Å². The lowest BCUT2D eigenvalue weighted by atomic mass is 9.91. The van der Waals surface area contributed by atoms with Gasteiger partial charge in [-0.15, -0.1) is 0 Å². The number of carbonyl (C=O) groups excluding carboxylic acids is 3. The highest BCUT2D eigenvalue weighted by molar-refractivity contribution is 6.10. The summed E-state index contributed by atoms with van der Waals surface area (Å²) in [6.45, 7) is 5.78. The molecule has 0 aliphatic heterocycles. The average Bonchev–Trinajstić information content (AvgIpc) is 2.00. The first-order chi connectivity index (χ1) is 5.37. The van der Waals surface area contributed by atoms with Crippen LogP contribution in [-0.2, 0) is 14.4 Å². The van der Waals surface area contributed by atoms with Gasteiger partial charge >= 0.3 is 0 Å². The van der Waals surface area contributed by atoms with Crippen LogP contribution in [0.1, 0.15) is 27.7 Å². The van der Waals surface area contributed by atoms with Gasteiger partial charge in [-0.1, -0.05) is 0 Å². The van der Waals surface area contributed by atoms with Crippen LogP contribution in [0.3, 0.4) is 0 Å². The minimum absolute atomic E-state index is 0.187. The molecule has 0 saturated heterocycles. The van der Waals surface area contributed by atoms with Crippen LogP contribution in [0.4, 0.5) is 0 Å². The summed E-state index contributed by atoms with van der Waals surface area (Å²) in [6, 6.07) is 0. The van der Waals surface area contributed by atoms with E-state index in [9.17, 15) is 14.4 Å². The van der Waals surface area contributed by atoms with E-state index in [1.54, 1.807) is 0 Å². The molecule has 0 bridgehead atoms. The summed E-state index contributed by atoms with van der Waals surface area (Å²) in [5.41, 5.74) is 0. The predicted molar refractivity (Wildman–Crippen MR) is 44.7 cm³/mol. The van der Waals surface area contributed by atoms with E-state index in [1.165, 1.54) is 27.7 Å². The third kappa shape index (κ3) is 2.57. The molecular weight excluding hydrogens is 156 g/mol. The fourth-order valence-electron chi connectivity index (χ4n) is 0.776. The Morgan fingerprint density at radius 1 is 0.833 bits per heavy atom. The quantitative estimate of drug-likeness (QED) is 0.591. The van der Waals surface area contributed by atoms with Gasteiger partial charge in [0.15, 0.2) is 5.78 Å². The second-order valence-corrected chi connectivity index (χ2v) is 3.07. The molecule has 68 valence electrons. The van der Waals surface area contributed by atoms with Crippen molar-refractivity contribution < 1.29 is 14.4 Å². The van der Waals surface area contributed by atoms with E-state index in [-0.39, 0.29) is 17.3 Å². The molecular formula is C9H14O3. The second-order valence-electron chi connectivity index (χ2n) is 3.07. The van der Waals surface area contributed by atoms with E-state index < -0.39 is 11.8 Å². The molecule has 3 nitrogen and oxygen atoms in total. The normalized spacial score (nSPS) is 15.0. The minimum Gasteiger partial charge on any atom is -0.299 e. The van der Waals surface area contributed by atoms with Crippen LogP contribution in [-0.4, -0.2) is 17.3 Å². The van der Waals surface area contributed by atoms with E-state index in [2.05, 4.69) is 0 Å². The maximum Gasteiger partial charge on any atom is 0.153 e. The third-order valence-corrected chi connectivity index (χ3v) is 2.07. The molecule has 0 fully saturated rings. The molecule has 0 saturated carbocycles. The molecule has 0 aliphatic carbocycles. The van der Waals surface area contributed by atoms with Crippen molar-refractivity contribution in [2.45, 2.75) is 27.7 Å². The smallest absolute Gasteiger partial charge is 0.153 e. The van der Waals surface area contributed by atoms with Gasteiger partial charge in [-0.25, -0.2) is 0 Å². The Hall–Kier alpha value is -0.990. The molecule has 0 spiro atoms. The first kappa shape index (κ1) is 11.0. The fourth-order valence-corrected chi connectivity index (χ4v) is 0.776. The minimum atomic E-state index is -0.649. The Morgan fingerprint density at radius 3 is 1.25 bits per heavy atom. The summed E-state index contributed by atoms with van der Waals surface area (Å²) in [4.78, 5) is 32.8. The number of hydrogen-bond acceptors (Lipinski definition) is 3. The molecule has 12 heavy (non-hydrogen) atoms. The van der Waals surface area contributed by atoms with Crippen molar-refractivity contribution in [2.24, 2.45) is 11.8 Å². The summed E-state index contributed by atoms with van der Waals surface area (Å²) in [5, 5.41) is 0. The zero-order valence-electron chi connectivity index (χ0n) is 7.88. The van der Waals surface area contributed by atoms with Crippen molar-refractivity contribution in [1.82, 2.24) is 0 Å². The maximum absolute atomic E-state index is 11.3. The Labute approximate surface area is 72.1 Å². The van der Waals surface area contributed by atoms with Crippen LogP contribution in [0, 0.1) is 11.8 Å². The molecule has 0 amide bonds. The molecule has 0 aromatic heterocycles. The van der Waals surface area contributed by atoms with Gasteiger partial charge in [-0.2, -0.15) is 0 Å². The third-order valence-electron chi connectivity index (χ3n) is 2.07. The Bertz CT molecular complexity index is 196. The summed E-state index contributed by atoms with van der Waals surface area (Å²) in [5.74, 6) is -1.95. The highest BCUT2D eigenvalue weighted by Gasteiger charge is 2.25. The first-order valence-electron chi connectivity index (χ1n) is 3.92. The molecule has 0 aromatic carbocycles. The largest absolute Gasteiger partial charge is 0.299 e. The summed E-state index contributed by atoms with van der Waals surface area (Å²) < 4.78 is 0. The summed E-state index contributed by atoms with van der Waals surface area (Å²) in [7, 11) is 0. The maximum atomic E-state index is 11.3. The lowest BCUT2D eigenvalue weighted by Crippen LogP contribution is -2.28. The molecule has 0 radical (unpaired) electrons. The summed E-state index contributed by atoms with van der Waals surface area (Å²) >= 11 is 0. The van der Waals surface area contributed by atoms with Crippen molar-refractivity contribution in [3.05, 3.63) is 0 Å². The van der Waals surface area contributed by atoms with E-state index in [0.717, 1.165) is 0 Å². The van der Waals surface area contributed by atoms with Crippen LogP contribution >= 0.6 is 0 Å². The van der Waals surface area contributed by atoms with Crippen molar-refractivity contribution >= 4 is 17.3 Å². The van der Waals surface area contributed by atoms with Crippen LogP contribution in [0.5, 0.6) is 0 Å². The molecule has 2 atom stereocenters. The Balaban J connectivity index is 4.39. The molecule has 0 aliphatic rings. The van der Waals surface area contributed by atoms with E-state index in [0.29, 0.717) is 0 Å². The van der Waals surface area contributed by atoms with E-state index in [4.69, 9.17) is 0 Å². The second kappa shape index (κ2) is 4.14. The number of hydrogen-bond donors (Lipinski definition) is 0. The zero-order chi connectivity index (χ0) is 9.89. The van der Waals surface area contributed by atoms with E-state index in [1.807, 2.05) is 0 Å². The molecule has 0 heterocycles. The monoisotopic (exact) mass is 170 g/mol. The van der Waals surface area contributed by atoms with Gasteiger partial charge < -0.3 is 0 Å². The lowest BCUT2D eigenvalue weighted by molar-refractivity contribution is -0.136. The standard InChI is InChI=1S/C9H14O3/c1-5(7(3)10)9(12)6(2)8(4)11/h5-6H,1-4H3.